The second-order valence-electron chi connectivity index (χ2n) is 4.27. The van der Waals surface area contributed by atoms with Gasteiger partial charge in [-0.1, -0.05) is 6.07 Å². The molecule has 0 radical (unpaired) electrons. The Hall–Kier alpha value is -2.37. The third-order valence-corrected chi connectivity index (χ3v) is 2.89. The Balaban J connectivity index is 2.30. The van der Waals surface area contributed by atoms with Crippen molar-refractivity contribution in [1.29, 1.82) is 0 Å². The Kier molecular flexibility index (Phi) is 3.79. The van der Waals surface area contributed by atoms with E-state index in [0.29, 0.717) is 18.8 Å². The van der Waals surface area contributed by atoms with Crippen LogP contribution >= 0.6 is 0 Å². The molecule has 0 saturated carbocycles. The Morgan fingerprint density at radius 3 is 2.79 bits per heavy atom. The summed E-state index contributed by atoms with van der Waals surface area (Å²) in [6.07, 6.45) is 1.74. The van der Waals surface area contributed by atoms with Gasteiger partial charge in [-0.2, -0.15) is 5.10 Å². The van der Waals surface area contributed by atoms with Gasteiger partial charge < -0.3 is 5.32 Å². The van der Waals surface area contributed by atoms with E-state index in [4.69, 9.17) is 0 Å². The molecule has 1 aromatic carbocycles. The van der Waals surface area contributed by atoms with Gasteiger partial charge in [0, 0.05) is 24.5 Å². The standard InChI is InChI=1S/C13H16N4O2/c1-3-14-12-8-11(4-5-13(12)17(18)19)9-16-10(2)6-7-15-16/h4-8,14H,3,9H2,1-2H3. The van der Waals surface area contributed by atoms with Crippen molar-refractivity contribution in [3.63, 3.8) is 0 Å². The van der Waals surface area contributed by atoms with Crippen LogP contribution in [0.1, 0.15) is 18.2 Å². The zero-order valence-electron chi connectivity index (χ0n) is 11.0. The van der Waals surface area contributed by atoms with Crippen molar-refractivity contribution in [2.75, 3.05) is 11.9 Å². The lowest BCUT2D eigenvalue weighted by molar-refractivity contribution is -0.384. The molecule has 1 heterocycles. The summed E-state index contributed by atoms with van der Waals surface area (Å²) >= 11 is 0. The van der Waals surface area contributed by atoms with Crippen molar-refractivity contribution in [3.8, 4) is 0 Å². The summed E-state index contributed by atoms with van der Waals surface area (Å²) in [6, 6.07) is 7.03. The smallest absolute Gasteiger partial charge is 0.292 e. The topological polar surface area (TPSA) is 73.0 Å². The Labute approximate surface area is 111 Å². The van der Waals surface area contributed by atoms with E-state index in [9.17, 15) is 10.1 Å². The number of nitro groups is 1. The summed E-state index contributed by atoms with van der Waals surface area (Å²) in [7, 11) is 0. The minimum Gasteiger partial charge on any atom is -0.380 e. The molecule has 0 unspecified atom stereocenters. The second-order valence-corrected chi connectivity index (χ2v) is 4.27. The Morgan fingerprint density at radius 1 is 1.42 bits per heavy atom. The van der Waals surface area contributed by atoms with E-state index in [0.717, 1.165) is 11.3 Å². The predicted octanol–water partition coefficient (Wildman–Crippen LogP) is 2.58. The lowest BCUT2D eigenvalue weighted by atomic mass is 10.1. The van der Waals surface area contributed by atoms with Gasteiger partial charge >= 0.3 is 0 Å². The second kappa shape index (κ2) is 5.51. The molecule has 6 nitrogen and oxygen atoms in total. The molecule has 2 aromatic rings. The molecule has 2 rings (SSSR count). The van der Waals surface area contributed by atoms with Crippen LogP contribution in [0, 0.1) is 17.0 Å². The maximum atomic E-state index is 10.9. The van der Waals surface area contributed by atoms with Crippen LogP contribution in [0.25, 0.3) is 0 Å². The van der Waals surface area contributed by atoms with E-state index in [-0.39, 0.29) is 10.6 Å². The number of benzene rings is 1. The first-order chi connectivity index (χ1) is 9.11. The monoisotopic (exact) mass is 260 g/mol. The highest BCUT2D eigenvalue weighted by Gasteiger charge is 2.13. The first-order valence-electron chi connectivity index (χ1n) is 6.11. The number of anilines is 1. The minimum absolute atomic E-state index is 0.0998. The molecule has 0 bridgehead atoms. The number of nitro benzene ring substituents is 1. The summed E-state index contributed by atoms with van der Waals surface area (Å²) < 4.78 is 1.86. The van der Waals surface area contributed by atoms with Crippen LogP contribution in [0.5, 0.6) is 0 Å². The van der Waals surface area contributed by atoms with Gasteiger partial charge in [0.05, 0.1) is 11.5 Å². The number of nitrogens with one attached hydrogen (secondary N) is 1. The van der Waals surface area contributed by atoms with Crippen LogP contribution in [-0.2, 0) is 6.54 Å². The fraction of sp³-hybridized carbons (Fsp3) is 0.308. The first-order valence-corrected chi connectivity index (χ1v) is 6.11. The van der Waals surface area contributed by atoms with Crippen LogP contribution in [0.4, 0.5) is 11.4 Å². The molecule has 0 amide bonds. The van der Waals surface area contributed by atoms with E-state index in [2.05, 4.69) is 10.4 Å². The van der Waals surface area contributed by atoms with Crippen molar-refractivity contribution in [2.45, 2.75) is 20.4 Å². The number of hydrogen-bond donors (Lipinski definition) is 1. The zero-order valence-corrected chi connectivity index (χ0v) is 11.0. The molecule has 0 aliphatic carbocycles. The number of rotatable bonds is 5. The van der Waals surface area contributed by atoms with Gasteiger partial charge in [-0.25, -0.2) is 0 Å². The molecule has 0 atom stereocenters. The fourth-order valence-electron chi connectivity index (χ4n) is 1.91. The third kappa shape index (κ3) is 2.90. The van der Waals surface area contributed by atoms with Crippen molar-refractivity contribution >= 4 is 11.4 Å². The zero-order chi connectivity index (χ0) is 13.8. The van der Waals surface area contributed by atoms with Gasteiger partial charge in [-0.05, 0) is 31.5 Å². The highest BCUT2D eigenvalue weighted by molar-refractivity contribution is 5.62. The Bertz CT molecular complexity index is 592. The lowest BCUT2D eigenvalue weighted by Crippen LogP contribution is -2.06. The van der Waals surface area contributed by atoms with Crippen molar-refractivity contribution in [1.82, 2.24) is 9.78 Å². The van der Waals surface area contributed by atoms with E-state index in [1.54, 1.807) is 12.3 Å². The van der Waals surface area contributed by atoms with Crippen molar-refractivity contribution in [3.05, 3.63) is 51.8 Å². The molecular formula is C13H16N4O2. The largest absolute Gasteiger partial charge is 0.380 e. The molecule has 1 aromatic heterocycles. The minimum atomic E-state index is -0.374. The lowest BCUT2D eigenvalue weighted by Gasteiger charge is -2.09. The quantitative estimate of drug-likeness (QED) is 0.662. The molecule has 0 spiro atoms. The first kappa shape index (κ1) is 13.1. The van der Waals surface area contributed by atoms with Crippen LogP contribution in [-0.4, -0.2) is 21.2 Å². The number of aryl methyl sites for hydroxylation is 1. The molecule has 100 valence electrons. The highest BCUT2D eigenvalue weighted by Crippen LogP contribution is 2.25. The molecule has 0 saturated heterocycles. The number of nitrogens with zero attached hydrogens (tertiary/aromatic N) is 3. The molecule has 0 fully saturated rings. The molecule has 0 aliphatic heterocycles. The molecular weight excluding hydrogens is 244 g/mol. The summed E-state index contributed by atoms with van der Waals surface area (Å²) in [4.78, 5) is 10.6. The maximum absolute atomic E-state index is 10.9. The summed E-state index contributed by atoms with van der Waals surface area (Å²) in [6.45, 7) is 5.14. The highest BCUT2D eigenvalue weighted by atomic mass is 16.6. The summed E-state index contributed by atoms with van der Waals surface area (Å²) in [5.41, 5.74) is 2.69. The van der Waals surface area contributed by atoms with Gasteiger partial charge in [0.1, 0.15) is 5.69 Å². The normalized spacial score (nSPS) is 10.4. The molecule has 19 heavy (non-hydrogen) atoms. The number of aromatic nitrogens is 2. The van der Waals surface area contributed by atoms with E-state index in [1.807, 2.05) is 30.7 Å². The average Bonchev–Trinajstić information content (AvgIpc) is 2.75. The third-order valence-electron chi connectivity index (χ3n) is 2.89. The van der Waals surface area contributed by atoms with Gasteiger partial charge in [0.2, 0.25) is 0 Å². The van der Waals surface area contributed by atoms with Gasteiger partial charge in [0.15, 0.2) is 0 Å². The van der Waals surface area contributed by atoms with Crippen LogP contribution < -0.4 is 5.32 Å². The van der Waals surface area contributed by atoms with E-state index < -0.39 is 0 Å². The molecule has 1 N–H and O–H groups in total. The van der Waals surface area contributed by atoms with Crippen LogP contribution in [0.2, 0.25) is 0 Å². The van der Waals surface area contributed by atoms with Gasteiger partial charge in [-0.15, -0.1) is 0 Å². The van der Waals surface area contributed by atoms with E-state index >= 15 is 0 Å². The summed E-state index contributed by atoms with van der Waals surface area (Å²) in [5, 5.41) is 18.2. The van der Waals surface area contributed by atoms with Crippen LogP contribution in [0.3, 0.4) is 0 Å². The van der Waals surface area contributed by atoms with Gasteiger partial charge in [-0.3, -0.25) is 14.8 Å². The van der Waals surface area contributed by atoms with Crippen LogP contribution in [0.15, 0.2) is 30.5 Å². The fourth-order valence-corrected chi connectivity index (χ4v) is 1.91. The molecule has 0 aliphatic rings. The van der Waals surface area contributed by atoms with Crippen molar-refractivity contribution < 1.29 is 4.92 Å². The summed E-state index contributed by atoms with van der Waals surface area (Å²) in [5.74, 6) is 0. The predicted molar refractivity (Wildman–Crippen MR) is 73.3 cm³/mol. The average molecular weight is 260 g/mol. The van der Waals surface area contributed by atoms with Crippen molar-refractivity contribution in [2.24, 2.45) is 0 Å². The Morgan fingerprint density at radius 2 is 2.21 bits per heavy atom. The van der Waals surface area contributed by atoms with E-state index in [1.165, 1.54) is 6.07 Å². The van der Waals surface area contributed by atoms with Gasteiger partial charge in [0.25, 0.3) is 5.69 Å². The molecule has 6 heteroatoms. The maximum Gasteiger partial charge on any atom is 0.292 e. The SMILES string of the molecule is CCNc1cc(Cn2nccc2C)ccc1[N+](=O)[O-]. The number of hydrogen-bond acceptors (Lipinski definition) is 4.